The molecule has 0 amide bonds. The number of nitrogens with zero attached hydrogens (tertiary/aromatic N) is 1. The third-order valence-corrected chi connectivity index (χ3v) is 3.22. The molecule has 0 atom stereocenters. The number of aromatic carboxylic acids is 1. The van der Waals surface area contributed by atoms with Gasteiger partial charge in [0, 0.05) is 21.7 Å². The molecule has 7 heteroatoms. The average Bonchev–Trinajstić information content (AvgIpc) is 2.77. The van der Waals surface area contributed by atoms with Crippen molar-refractivity contribution in [2.24, 2.45) is 0 Å². The van der Waals surface area contributed by atoms with Gasteiger partial charge in [-0.05, 0) is 25.1 Å². The van der Waals surface area contributed by atoms with Gasteiger partial charge in [0.2, 0.25) is 5.76 Å². The van der Waals surface area contributed by atoms with Gasteiger partial charge in [-0.15, -0.1) is 0 Å². The maximum atomic E-state index is 10.9. The number of carbonyl (C=O) groups is 1. The quantitative estimate of drug-likeness (QED) is 0.687. The van der Waals surface area contributed by atoms with Crippen molar-refractivity contribution in [3.63, 3.8) is 0 Å². The molecular weight excluding hydrogens is 318 g/mol. The van der Waals surface area contributed by atoms with Crippen LogP contribution in [0.2, 0.25) is 0 Å². The first-order valence-corrected chi connectivity index (χ1v) is 5.97. The maximum absolute atomic E-state index is 10.9. The highest BCUT2D eigenvalue weighted by Gasteiger charge is 2.18. The van der Waals surface area contributed by atoms with E-state index < -0.39 is 10.9 Å². The van der Waals surface area contributed by atoms with Crippen molar-refractivity contribution >= 4 is 27.6 Å². The number of hydrogen-bond donors (Lipinski definition) is 1. The average molecular weight is 326 g/mol. The molecule has 0 unspecified atom stereocenters. The molecule has 0 radical (unpaired) electrons. The Labute approximate surface area is 115 Å². The Balaban J connectivity index is 2.57. The van der Waals surface area contributed by atoms with Gasteiger partial charge in [-0.3, -0.25) is 10.1 Å². The third-order valence-electron chi connectivity index (χ3n) is 2.56. The van der Waals surface area contributed by atoms with Crippen LogP contribution in [0.4, 0.5) is 5.69 Å². The lowest BCUT2D eigenvalue weighted by atomic mass is 10.1. The number of carboxylic acids is 1. The van der Waals surface area contributed by atoms with Crippen LogP contribution in [0.25, 0.3) is 11.3 Å². The minimum atomic E-state index is -1.19. The number of carboxylic acid groups (broad SMARTS) is 1. The van der Waals surface area contributed by atoms with E-state index in [1.807, 2.05) is 0 Å². The Kier molecular flexibility index (Phi) is 3.39. The molecule has 0 saturated heterocycles. The molecule has 0 aliphatic rings. The second-order valence-corrected chi connectivity index (χ2v) is 4.70. The van der Waals surface area contributed by atoms with E-state index in [4.69, 9.17) is 9.52 Å². The molecule has 0 spiro atoms. The number of rotatable bonds is 3. The van der Waals surface area contributed by atoms with Crippen LogP contribution in [0.15, 0.2) is 33.2 Å². The van der Waals surface area contributed by atoms with Gasteiger partial charge in [-0.2, -0.15) is 0 Å². The molecule has 0 aliphatic carbocycles. The smallest absolute Gasteiger partial charge is 0.371 e. The van der Waals surface area contributed by atoms with Crippen LogP contribution in [0.5, 0.6) is 0 Å². The van der Waals surface area contributed by atoms with E-state index in [0.717, 1.165) is 0 Å². The summed E-state index contributed by atoms with van der Waals surface area (Å²) < 4.78 is 5.73. The van der Waals surface area contributed by atoms with Crippen molar-refractivity contribution in [2.75, 3.05) is 0 Å². The second-order valence-electron chi connectivity index (χ2n) is 3.84. The Hall–Kier alpha value is -2.15. The van der Waals surface area contributed by atoms with Crippen LogP contribution in [0.3, 0.4) is 0 Å². The van der Waals surface area contributed by atoms with Crippen LogP contribution >= 0.6 is 15.9 Å². The van der Waals surface area contributed by atoms with Crippen molar-refractivity contribution in [3.05, 3.63) is 50.2 Å². The SMILES string of the molecule is Cc1cc(Br)c(-c2ccc(C(=O)O)o2)cc1[N+](=O)[O-]. The predicted octanol–water partition coefficient (Wildman–Crippen LogP) is 3.62. The van der Waals surface area contributed by atoms with Crippen molar-refractivity contribution in [3.8, 4) is 11.3 Å². The Bertz CT molecular complexity index is 677. The van der Waals surface area contributed by atoms with Crippen molar-refractivity contribution < 1.29 is 19.2 Å². The minimum absolute atomic E-state index is 0.0496. The van der Waals surface area contributed by atoms with E-state index in [9.17, 15) is 14.9 Å². The number of nitro groups is 1. The molecule has 0 aliphatic heterocycles. The summed E-state index contributed by atoms with van der Waals surface area (Å²) >= 11 is 3.28. The highest BCUT2D eigenvalue weighted by atomic mass is 79.9. The predicted molar refractivity (Wildman–Crippen MR) is 70.2 cm³/mol. The molecule has 2 rings (SSSR count). The highest BCUT2D eigenvalue weighted by molar-refractivity contribution is 9.10. The topological polar surface area (TPSA) is 93.6 Å². The number of furan rings is 1. The van der Waals surface area contributed by atoms with E-state index in [1.165, 1.54) is 18.2 Å². The van der Waals surface area contributed by atoms with E-state index in [2.05, 4.69) is 15.9 Å². The van der Waals surface area contributed by atoms with Gasteiger partial charge in [-0.25, -0.2) is 4.79 Å². The molecule has 0 saturated carbocycles. The molecular formula is C12H8BrNO5. The molecule has 1 aromatic carbocycles. The minimum Gasteiger partial charge on any atom is -0.475 e. The summed E-state index contributed by atoms with van der Waals surface area (Å²) in [6.07, 6.45) is 0. The zero-order valence-electron chi connectivity index (χ0n) is 9.71. The summed E-state index contributed by atoms with van der Waals surface area (Å²) in [5, 5.41) is 19.7. The van der Waals surface area contributed by atoms with E-state index in [0.29, 0.717) is 15.6 Å². The first kappa shape index (κ1) is 13.3. The molecule has 98 valence electrons. The normalized spacial score (nSPS) is 10.4. The summed E-state index contributed by atoms with van der Waals surface area (Å²) in [4.78, 5) is 21.1. The van der Waals surface area contributed by atoms with Crippen LogP contribution in [-0.4, -0.2) is 16.0 Å². The van der Waals surface area contributed by atoms with E-state index >= 15 is 0 Å². The molecule has 6 nitrogen and oxygen atoms in total. The molecule has 1 heterocycles. The summed E-state index contributed by atoms with van der Waals surface area (Å²) in [5.74, 6) is -1.15. The zero-order valence-corrected chi connectivity index (χ0v) is 11.3. The monoisotopic (exact) mass is 325 g/mol. The molecule has 0 fully saturated rings. The van der Waals surface area contributed by atoms with Crippen molar-refractivity contribution in [2.45, 2.75) is 6.92 Å². The first-order chi connectivity index (χ1) is 8.90. The van der Waals surface area contributed by atoms with Crippen LogP contribution in [-0.2, 0) is 0 Å². The van der Waals surface area contributed by atoms with Gasteiger partial charge in [0.15, 0.2) is 0 Å². The fourth-order valence-corrected chi connectivity index (χ4v) is 2.30. The Morgan fingerprint density at radius 2 is 2.11 bits per heavy atom. The van der Waals surface area contributed by atoms with Crippen molar-refractivity contribution in [1.82, 2.24) is 0 Å². The standard InChI is InChI=1S/C12H8BrNO5/c1-6-4-8(13)7(5-9(6)14(17)18)10-2-3-11(19-10)12(15)16/h2-5H,1H3,(H,15,16). The van der Waals surface area contributed by atoms with Gasteiger partial charge in [0.25, 0.3) is 5.69 Å². The molecule has 0 bridgehead atoms. The van der Waals surface area contributed by atoms with Gasteiger partial charge in [-0.1, -0.05) is 15.9 Å². The lowest BCUT2D eigenvalue weighted by molar-refractivity contribution is -0.385. The molecule has 19 heavy (non-hydrogen) atoms. The molecule has 1 aromatic heterocycles. The lowest BCUT2D eigenvalue weighted by Gasteiger charge is -2.04. The fourth-order valence-electron chi connectivity index (χ4n) is 1.64. The number of benzene rings is 1. The van der Waals surface area contributed by atoms with Crippen LogP contribution in [0, 0.1) is 17.0 Å². The van der Waals surface area contributed by atoms with E-state index in [-0.39, 0.29) is 17.2 Å². The summed E-state index contributed by atoms with van der Waals surface area (Å²) in [7, 11) is 0. The van der Waals surface area contributed by atoms with Gasteiger partial charge in [0.1, 0.15) is 5.76 Å². The fraction of sp³-hybridized carbons (Fsp3) is 0.0833. The summed E-state index contributed by atoms with van der Waals surface area (Å²) in [6.45, 7) is 1.62. The number of aryl methyl sites for hydroxylation is 1. The van der Waals surface area contributed by atoms with Gasteiger partial charge < -0.3 is 9.52 Å². The second kappa shape index (κ2) is 4.85. The molecule has 2 aromatic rings. The largest absolute Gasteiger partial charge is 0.475 e. The maximum Gasteiger partial charge on any atom is 0.371 e. The van der Waals surface area contributed by atoms with Gasteiger partial charge >= 0.3 is 5.97 Å². The summed E-state index contributed by atoms with van der Waals surface area (Å²) in [6, 6.07) is 5.71. The van der Waals surface area contributed by atoms with Crippen LogP contribution < -0.4 is 0 Å². The molecule has 1 N–H and O–H groups in total. The first-order valence-electron chi connectivity index (χ1n) is 5.18. The third kappa shape index (κ3) is 2.50. The highest BCUT2D eigenvalue weighted by Crippen LogP contribution is 2.35. The number of nitro benzene ring substituents is 1. The number of halogens is 1. The van der Waals surface area contributed by atoms with Gasteiger partial charge in [0.05, 0.1) is 4.92 Å². The Morgan fingerprint density at radius 3 is 2.63 bits per heavy atom. The number of hydrogen-bond acceptors (Lipinski definition) is 4. The van der Waals surface area contributed by atoms with Crippen LogP contribution in [0.1, 0.15) is 16.1 Å². The Morgan fingerprint density at radius 1 is 1.42 bits per heavy atom. The van der Waals surface area contributed by atoms with E-state index in [1.54, 1.807) is 13.0 Å². The lowest BCUT2D eigenvalue weighted by Crippen LogP contribution is -1.93. The van der Waals surface area contributed by atoms with Crippen molar-refractivity contribution in [1.29, 1.82) is 0 Å². The summed E-state index contributed by atoms with van der Waals surface area (Å²) in [5.41, 5.74) is 0.891. The zero-order chi connectivity index (χ0) is 14.2.